The Morgan fingerprint density at radius 3 is 2.14 bits per heavy atom. The molecule has 3 aliphatic rings. The van der Waals surface area contributed by atoms with Gasteiger partial charge in [0.2, 0.25) is 65.0 Å². The molecule has 410 valence electrons. The van der Waals surface area contributed by atoms with E-state index in [1.54, 1.807) is 26.0 Å². The molecule has 3 fully saturated rings. The first-order chi connectivity index (χ1) is 35.1. The van der Waals surface area contributed by atoms with Gasteiger partial charge in [-0.3, -0.25) is 52.7 Å². The first-order valence-electron chi connectivity index (χ1n) is 25.1. The van der Waals surface area contributed by atoms with Crippen molar-refractivity contribution in [1.29, 1.82) is 0 Å². The molecule has 1 aliphatic carbocycles. The molecule has 2 saturated heterocycles. The molecule has 1 aromatic carbocycles. The monoisotopic (exact) mass is 1070 g/mol. The number of amides is 11. The molecular weight excluding hydrogens is 1000 g/mol. The van der Waals surface area contributed by atoms with Gasteiger partial charge in [0.15, 0.2) is 0 Å². The van der Waals surface area contributed by atoms with Crippen LogP contribution < -0.4 is 54.8 Å². The van der Waals surface area contributed by atoms with Gasteiger partial charge < -0.3 is 69.7 Å². The molecule has 24 nitrogen and oxygen atoms in total. The number of hydrogen-bond acceptors (Lipinski definition) is 15. The van der Waals surface area contributed by atoms with E-state index in [0.717, 1.165) is 19.3 Å². The summed E-state index contributed by atoms with van der Waals surface area (Å²) in [6.07, 6.45) is 3.27. The van der Waals surface area contributed by atoms with Crippen LogP contribution in [0.5, 0.6) is 5.75 Å². The summed E-state index contributed by atoms with van der Waals surface area (Å²) < 4.78 is -0.725. The highest BCUT2D eigenvalue weighted by atomic mass is 33.1. The maximum atomic E-state index is 14.8. The van der Waals surface area contributed by atoms with E-state index in [1.165, 1.54) is 50.6 Å². The largest absolute Gasteiger partial charge is 0.508 e. The summed E-state index contributed by atoms with van der Waals surface area (Å²) in [6, 6.07) is -3.37. The van der Waals surface area contributed by atoms with Crippen molar-refractivity contribution >= 4 is 86.6 Å². The molecule has 74 heavy (non-hydrogen) atoms. The standard InChI is InChI=1S/C48H74N12O12S2/c1-4-27(2)40-46(71)55-31(16-17-36(50)62)42(67)56-32(23-37(51)63)43(68)57-33(47(72)60-21-9-11-34(60)44(69)54-30(10-8-20-49)41(66)53-25-38(52)64)26-73-74-48(18-6-5-7-19-48)24-39(65)59(3)35(45(70)58-40)22-28-12-14-29(61)15-13-28/h12-15,27,30-35,40,61H,4-11,16-26,49H2,1-3H3,(H2,50,62)(H2,51,63)(H2,52,64)(H,53,66)(H,54,69)(H,55,71)(H,56,67)(H,57,68)(H,58,70)/t27-,30-,31-,32+,33+,34-,35-,40+/m0/s1. The van der Waals surface area contributed by atoms with Crippen molar-refractivity contribution < 1.29 is 57.8 Å². The zero-order valence-electron chi connectivity index (χ0n) is 42.3. The number of phenolic OH excluding ortho intramolecular Hbond substituents is 1. The second-order valence-electron chi connectivity index (χ2n) is 19.3. The van der Waals surface area contributed by atoms with E-state index in [0.29, 0.717) is 37.7 Å². The maximum Gasteiger partial charge on any atom is 0.246 e. The Morgan fingerprint density at radius 2 is 1.51 bits per heavy atom. The van der Waals surface area contributed by atoms with Crippen molar-refractivity contribution in [2.45, 2.75) is 157 Å². The van der Waals surface area contributed by atoms with Gasteiger partial charge in [0.05, 0.1) is 13.0 Å². The van der Waals surface area contributed by atoms with Gasteiger partial charge in [-0.15, -0.1) is 0 Å². The van der Waals surface area contributed by atoms with Crippen LogP contribution in [-0.4, -0.2) is 159 Å². The van der Waals surface area contributed by atoms with Gasteiger partial charge in [-0.25, -0.2) is 0 Å². The number of nitrogens with zero attached hydrogens (tertiary/aromatic N) is 2. The SMILES string of the molecule is CC[C@H](C)[C@H]1NC(=O)[C@H](Cc2ccc(O)cc2)N(C)C(=O)CC2(CCCCC2)SSC[C@H](C(=O)N2CCC[C@H]2C(=O)N[C@@H](CCCN)C(=O)NCC(N)=O)NC(=O)[C@@H](CC(N)=O)NC(=O)[C@H](CCC(N)=O)NC1=O. The quantitative estimate of drug-likeness (QED) is 0.0722. The molecule has 0 radical (unpaired) electrons. The highest BCUT2D eigenvalue weighted by molar-refractivity contribution is 8.77. The van der Waals surface area contributed by atoms with Gasteiger partial charge in [-0.2, -0.15) is 0 Å². The summed E-state index contributed by atoms with van der Waals surface area (Å²) in [6.45, 7) is 3.24. The third kappa shape index (κ3) is 18.1. The number of primary amides is 3. The predicted octanol–water partition coefficient (Wildman–Crippen LogP) is -1.81. The molecule has 1 spiro atoms. The topological polar surface area (TPSA) is 391 Å². The number of carbonyl (C=O) groups excluding carboxylic acids is 11. The molecule has 0 unspecified atom stereocenters. The number of nitrogens with two attached hydrogens (primary N) is 4. The van der Waals surface area contributed by atoms with Crippen LogP contribution in [0.4, 0.5) is 0 Å². The van der Waals surface area contributed by atoms with Gasteiger partial charge in [0.25, 0.3) is 0 Å². The molecule has 15 N–H and O–H groups in total. The maximum absolute atomic E-state index is 14.8. The lowest BCUT2D eigenvalue weighted by molar-refractivity contribution is -0.142. The molecule has 8 atom stereocenters. The molecule has 1 saturated carbocycles. The number of phenols is 1. The van der Waals surface area contributed by atoms with E-state index in [-0.39, 0.29) is 56.7 Å². The summed E-state index contributed by atoms with van der Waals surface area (Å²) in [4.78, 5) is 153. The lowest BCUT2D eigenvalue weighted by Gasteiger charge is -2.38. The average molecular weight is 1080 g/mol. The lowest BCUT2D eigenvalue weighted by atomic mass is 9.85. The Hall–Kier alpha value is -6.15. The van der Waals surface area contributed by atoms with Crippen LogP contribution in [0.1, 0.15) is 109 Å². The van der Waals surface area contributed by atoms with Crippen LogP contribution in [0.3, 0.4) is 0 Å². The molecule has 2 aliphatic heterocycles. The van der Waals surface area contributed by atoms with Crippen LogP contribution in [0.25, 0.3) is 0 Å². The predicted molar refractivity (Wildman–Crippen MR) is 275 cm³/mol. The molecule has 2 heterocycles. The first kappa shape index (κ1) is 60.4. The van der Waals surface area contributed by atoms with Crippen molar-refractivity contribution in [2.24, 2.45) is 28.9 Å². The van der Waals surface area contributed by atoms with Gasteiger partial charge in [-0.1, -0.05) is 73.3 Å². The second kappa shape index (κ2) is 29.1. The molecule has 0 aromatic heterocycles. The minimum atomic E-state index is -1.74. The molecular formula is C48H74N12O12S2. The fourth-order valence-electron chi connectivity index (χ4n) is 9.11. The Balaban J connectivity index is 1.79. The molecule has 11 amide bonds. The summed E-state index contributed by atoms with van der Waals surface area (Å²) >= 11 is 0. The van der Waals surface area contributed by atoms with Crippen molar-refractivity contribution in [3.05, 3.63) is 29.8 Å². The van der Waals surface area contributed by atoms with Gasteiger partial charge in [-0.05, 0) is 75.1 Å². The number of benzene rings is 1. The summed E-state index contributed by atoms with van der Waals surface area (Å²) in [5, 5.41) is 25.6. The zero-order chi connectivity index (χ0) is 54.7. The number of rotatable bonds is 18. The van der Waals surface area contributed by atoms with Crippen LogP contribution >= 0.6 is 21.6 Å². The smallest absolute Gasteiger partial charge is 0.246 e. The number of likely N-dealkylation sites (tertiary alicyclic amines) is 1. The fraction of sp³-hybridized carbons (Fsp3) is 0.646. The minimum Gasteiger partial charge on any atom is -0.508 e. The highest BCUT2D eigenvalue weighted by Crippen LogP contribution is 2.49. The van der Waals surface area contributed by atoms with E-state index < -0.39 is 137 Å². The summed E-state index contributed by atoms with van der Waals surface area (Å²) in [5.41, 5.74) is 22.6. The second-order valence-corrected chi connectivity index (χ2v) is 22.1. The summed E-state index contributed by atoms with van der Waals surface area (Å²) in [7, 11) is 4.04. The Labute approximate surface area is 438 Å². The van der Waals surface area contributed by atoms with Crippen molar-refractivity contribution in [1.82, 2.24) is 41.7 Å². The van der Waals surface area contributed by atoms with Crippen molar-refractivity contribution in [3.63, 3.8) is 0 Å². The minimum absolute atomic E-state index is 0.0147. The van der Waals surface area contributed by atoms with E-state index in [4.69, 9.17) is 22.9 Å². The van der Waals surface area contributed by atoms with Gasteiger partial charge in [0, 0.05) is 43.4 Å². The Kier molecular flexibility index (Phi) is 23.7. The number of hydrogen-bond donors (Lipinski definition) is 11. The van der Waals surface area contributed by atoms with Crippen LogP contribution in [0.2, 0.25) is 0 Å². The highest BCUT2D eigenvalue weighted by Gasteiger charge is 2.43. The third-order valence-electron chi connectivity index (χ3n) is 13.6. The number of carbonyl (C=O) groups is 11. The van der Waals surface area contributed by atoms with Gasteiger partial charge >= 0.3 is 0 Å². The number of nitrogens with one attached hydrogen (secondary N) is 6. The van der Waals surface area contributed by atoms with E-state index in [2.05, 4.69) is 31.9 Å². The van der Waals surface area contributed by atoms with E-state index in [9.17, 15) is 57.8 Å². The number of aromatic hydroxyl groups is 1. The van der Waals surface area contributed by atoms with Gasteiger partial charge in [0.1, 0.15) is 48.0 Å². The first-order valence-corrected chi connectivity index (χ1v) is 27.4. The normalized spacial score (nSPS) is 24.3. The third-order valence-corrected chi connectivity index (χ3v) is 16.9. The molecule has 0 bridgehead atoms. The van der Waals surface area contributed by atoms with Crippen LogP contribution in [0.15, 0.2) is 24.3 Å². The number of likely N-dealkylation sites (N-methyl/N-ethyl adjacent to an activating group) is 1. The average Bonchev–Trinajstić information content (AvgIpc) is 3.86. The van der Waals surface area contributed by atoms with Crippen LogP contribution in [0, 0.1) is 5.92 Å². The Morgan fingerprint density at radius 1 is 0.851 bits per heavy atom. The van der Waals surface area contributed by atoms with Crippen LogP contribution in [-0.2, 0) is 59.2 Å². The van der Waals surface area contributed by atoms with Crippen molar-refractivity contribution in [3.8, 4) is 5.75 Å². The summed E-state index contributed by atoms with van der Waals surface area (Å²) in [5.74, 6) is -9.48. The Bertz CT molecular complexity index is 2200. The molecule has 26 heteroatoms. The lowest BCUT2D eigenvalue weighted by Crippen LogP contribution is -2.61. The van der Waals surface area contributed by atoms with E-state index >= 15 is 0 Å². The zero-order valence-corrected chi connectivity index (χ0v) is 44.0. The molecule has 1 aromatic rings. The molecule has 4 rings (SSSR count). The van der Waals surface area contributed by atoms with Crippen molar-refractivity contribution in [2.75, 3.05) is 32.4 Å². The fourth-order valence-corrected chi connectivity index (χ4v) is 12.5. The van der Waals surface area contributed by atoms with E-state index in [1.807, 2.05) is 0 Å².